The standard InChI is InChI=1S/C15H13BrClNO4S/c16-11-4-5-14(12(17)8-11)23(19,20)18-9-10-2-1-3-13-15(10)22-7-6-21-13/h1-5,8,18H,6-7,9H2. The molecule has 122 valence electrons. The second-order valence-electron chi connectivity index (χ2n) is 4.84. The summed E-state index contributed by atoms with van der Waals surface area (Å²) in [5.41, 5.74) is 0.707. The molecule has 0 saturated heterocycles. The van der Waals surface area contributed by atoms with Crippen LogP contribution in [-0.2, 0) is 16.6 Å². The maximum Gasteiger partial charge on any atom is 0.242 e. The van der Waals surface area contributed by atoms with Crippen molar-refractivity contribution in [2.24, 2.45) is 0 Å². The largest absolute Gasteiger partial charge is 0.486 e. The minimum atomic E-state index is -3.73. The van der Waals surface area contributed by atoms with Crippen LogP contribution in [0.2, 0.25) is 5.02 Å². The Hall–Kier alpha value is -1.28. The molecule has 5 nitrogen and oxygen atoms in total. The molecule has 0 fully saturated rings. The van der Waals surface area contributed by atoms with Gasteiger partial charge in [0.15, 0.2) is 11.5 Å². The number of halogens is 2. The van der Waals surface area contributed by atoms with Crippen molar-refractivity contribution < 1.29 is 17.9 Å². The second kappa shape index (κ2) is 6.68. The molecular formula is C15H13BrClNO4S. The first-order chi connectivity index (χ1) is 11.0. The Morgan fingerprint density at radius 3 is 2.74 bits per heavy atom. The zero-order chi connectivity index (χ0) is 16.4. The number of hydrogen-bond acceptors (Lipinski definition) is 4. The summed E-state index contributed by atoms with van der Waals surface area (Å²) in [5.74, 6) is 1.19. The Morgan fingerprint density at radius 1 is 1.17 bits per heavy atom. The first-order valence-electron chi connectivity index (χ1n) is 6.79. The molecule has 8 heteroatoms. The summed E-state index contributed by atoms with van der Waals surface area (Å²) in [4.78, 5) is 0.0318. The molecule has 23 heavy (non-hydrogen) atoms. The van der Waals surface area contributed by atoms with Gasteiger partial charge in [0.2, 0.25) is 10.0 Å². The van der Waals surface area contributed by atoms with E-state index in [0.29, 0.717) is 34.7 Å². The summed E-state index contributed by atoms with van der Waals surface area (Å²) in [6.45, 7) is 1.01. The van der Waals surface area contributed by atoms with Gasteiger partial charge in [-0.3, -0.25) is 0 Å². The lowest BCUT2D eigenvalue weighted by Gasteiger charge is -2.21. The van der Waals surface area contributed by atoms with Crippen LogP contribution in [0.3, 0.4) is 0 Å². The highest BCUT2D eigenvalue weighted by molar-refractivity contribution is 9.10. The van der Waals surface area contributed by atoms with Gasteiger partial charge in [0, 0.05) is 16.6 Å². The molecule has 0 aromatic heterocycles. The van der Waals surface area contributed by atoms with Gasteiger partial charge in [-0.25, -0.2) is 13.1 Å². The van der Waals surface area contributed by atoms with Crippen LogP contribution >= 0.6 is 27.5 Å². The topological polar surface area (TPSA) is 64.6 Å². The van der Waals surface area contributed by atoms with E-state index in [1.807, 2.05) is 0 Å². The number of para-hydroxylation sites is 1. The van der Waals surface area contributed by atoms with E-state index in [9.17, 15) is 8.42 Å². The van der Waals surface area contributed by atoms with Crippen LogP contribution in [0.1, 0.15) is 5.56 Å². The molecule has 0 saturated carbocycles. The number of benzene rings is 2. The zero-order valence-electron chi connectivity index (χ0n) is 11.9. The predicted octanol–water partition coefficient (Wildman–Crippen LogP) is 3.35. The molecule has 1 heterocycles. The van der Waals surface area contributed by atoms with Gasteiger partial charge in [-0.15, -0.1) is 0 Å². The molecule has 0 amide bonds. The van der Waals surface area contributed by atoms with E-state index in [1.54, 1.807) is 24.3 Å². The average Bonchev–Trinajstić information content (AvgIpc) is 2.52. The van der Waals surface area contributed by atoms with Gasteiger partial charge in [0.05, 0.1) is 5.02 Å². The third-order valence-corrected chi connectivity index (χ3v) is 5.66. The van der Waals surface area contributed by atoms with Crippen LogP contribution in [-0.4, -0.2) is 21.6 Å². The SMILES string of the molecule is O=S(=O)(NCc1cccc2c1OCCO2)c1ccc(Br)cc1Cl. The van der Waals surface area contributed by atoms with Gasteiger partial charge in [-0.1, -0.05) is 39.7 Å². The van der Waals surface area contributed by atoms with Gasteiger partial charge in [0.1, 0.15) is 18.1 Å². The van der Waals surface area contributed by atoms with E-state index in [-0.39, 0.29) is 16.5 Å². The number of ether oxygens (including phenoxy) is 2. The van der Waals surface area contributed by atoms with Gasteiger partial charge >= 0.3 is 0 Å². The molecule has 1 aliphatic rings. The third kappa shape index (κ3) is 3.63. The average molecular weight is 419 g/mol. The molecule has 0 bridgehead atoms. The maximum atomic E-state index is 12.4. The fourth-order valence-electron chi connectivity index (χ4n) is 2.22. The van der Waals surface area contributed by atoms with Crippen LogP contribution in [0.5, 0.6) is 11.5 Å². The lowest BCUT2D eigenvalue weighted by molar-refractivity contribution is 0.170. The Kier molecular flexibility index (Phi) is 4.82. The summed E-state index contributed by atoms with van der Waals surface area (Å²) in [6.07, 6.45) is 0. The number of nitrogens with one attached hydrogen (secondary N) is 1. The van der Waals surface area contributed by atoms with Crippen LogP contribution < -0.4 is 14.2 Å². The molecule has 0 radical (unpaired) electrons. The molecule has 0 aliphatic carbocycles. The molecule has 2 aromatic carbocycles. The van der Waals surface area contributed by atoms with Crippen molar-refractivity contribution in [1.82, 2.24) is 4.72 Å². The second-order valence-corrected chi connectivity index (χ2v) is 7.90. The minimum absolute atomic E-state index is 0.0318. The first kappa shape index (κ1) is 16.6. The van der Waals surface area contributed by atoms with Crippen LogP contribution in [0.25, 0.3) is 0 Å². The number of hydrogen-bond donors (Lipinski definition) is 1. The number of fused-ring (bicyclic) bond motifs is 1. The third-order valence-electron chi connectivity index (χ3n) is 3.28. The summed E-state index contributed by atoms with van der Waals surface area (Å²) >= 11 is 9.27. The number of sulfonamides is 1. The van der Waals surface area contributed by atoms with Gasteiger partial charge in [-0.2, -0.15) is 0 Å². The highest BCUT2D eigenvalue weighted by Crippen LogP contribution is 2.34. The van der Waals surface area contributed by atoms with Crippen LogP contribution in [0.4, 0.5) is 0 Å². The van der Waals surface area contributed by atoms with Crippen LogP contribution in [0.15, 0.2) is 45.8 Å². The van der Waals surface area contributed by atoms with Gasteiger partial charge in [-0.05, 0) is 24.3 Å². The lowest BCUT2D eigenvalue weighted by Crippen LogP contribution is -2.25. The molecule has 0 spiro atoms. The molecule has 3 rings (SSSR count). The Labute approximate surface area is 147 Å². The molecule has 0 unspecified atom stereocenters. The smallest absolute Gasteiger partial charge is 0.242 e. The summed E-state index contributed by atoms with van der Waals surface area (Å²) in [7, 11) is -3.73. The molecule has 1 aliphatic heterocycles. The first-order valence-corrected chi connectivity index (χ1v) is 9.45. The van der Waals surface area contributed by atoms with Gasteiger partial charge in [0.25, 0.3) is 0 Å². The van der Waals surface area contributed by atoms with E-state index in [1.165, 1.54) is 12.1 Å². The molecular weight excluding hydrogens is 406 g/mol. The fourth-order valence-corrected chi connectivity index (χ4v) is 4.26. The monoisotopic (exact) mass is 417 g/mol. The van der Waals surface area contributed by atoms with E-state index in [0.717, 1.165) is 0 Å². The Bertz CT molecular complexity index is 841. The van der Waals surface area contributed by atoms with Crippen molar-refractivity contribution in [3.05, 3.63) is 51.5 Å². The highest BCUT2D eigenvalue weighted by atomic mass is 79.9. The van der Waals surface area contributed by atoms with Crippen molar-refractivity contribution in [3.8, 4) is 11.5 Å². The highest BCUT2D eigenvalue weighted by Gasteiger charge is 2.20. The van der Waals surface area contributed by atoms with E-state index < -0.39 is 10.0 Å². The van der Waals surface area contributed by atoms with Crippen molar-refractivity contribution >= 4 is 37.6 Å². The van der Waals surface area contributed by atoms with Gasteiger partial charge < -0.3 is 9.47 Å². The minimum Gasteiger partial charge on any atom is -0.486 e. The maximum absolute atomic E-state index is 12.4. The quantitative estimate of drug-likeness (QED) is 0.827. The molecule has 1 N–H and O–H groups in total. The van der Waals surface area contributed by atoms with E-state index in [2.05, 4.69) is 20.7 Å². The summed E-state index contributed by atoms with van der Waals surface area (Å²) in [6, 6.07) is 10.00. The normalized spacial score (nSPS) is 13.8. The van der Waals surface area contributed by atoms with Crippen molar-refractivity contribution in [2.45, 2.75) is 11.4 Å². The summed E-state index contributed by atoms with van der Waals surface area (Å²) < 4.78 is 39.2. The number of rotatable bonds is 4. The molecule has 2 aromatic rings. The van der Waals surface area contributed by atoms with Crippen LogP contribution in [0, 0.1) is 0 Å². The molecule has 0 atom stereocenters. The summed E-state index contributed by atoms with van der Waals surface area (Å²) in [5, 5.41) is 0.154. The fraction of sp³-hybridized carbons (Fsp3) is 0.200. The van der Waals surface area contributed by atoms with Crippen molar-refractivity contribution in [2.75, 3.05) is 13.2 Å². The lowest BCUT2D eigenvalue weighted by atomic mass is 10.2. The van der Waals surface area contributed by atoms with E-state index >= 15 is 0 Å². The van der Waals surface area contributed by atoms with Crippen molar-refractivity contribution in [3.63, 3.8) is 0 Å². The van der Waals surface area contributed by atoms with Crippen molar-refractivity contribution in [1.29, 1.82) is 0 Å². The van der Waals surface area contributed by atoms with E-state index in [4.69, 9.17) is 21.1 Å². The Balaban J connectivity index is 1.83. The predicted molar refractivity (Wildman–Crippen MR) is 90.6 cm³/mol. The Morgan fingerprint density at radius 2 is 1.96 bits per heavy atom. The zero-order valence-corrected chi connectivity index (χ0v) is 15.0.